The number of ether oxygens (including phenoxy) is 1. The first-order valence-corrected chi connectivity index (χ1v) is 5.63. The lowest BCUT2D eigenvalue weighted by atomic mass is 9.94. The minimum Gasteiger partial charge on any atom is -0.460 e. The quantitative estimate of drug-likeness (QED) is 0.636. The van der Waals surface area contributed by atoms with Crippen molar-refractivity contribution in [1.29, 1.82) is 0 Å². The smallest absolute Gasteiger partial charge is 0.309 e. The molecule has 1 aliphatic carbocycles. The molecule has 2 atom stereocenters. The Hall–Kier alpha value is -0.610. The van der Waals surface area contributed by atoms with E-state index in [2.05, 4.69) is 10.9 Å². The zero-order chi connectivity index (χ0) is 11.1. The van der Waals surface area contributed by atoms with Crippen LogP contribution < -0.4 is 10.9 Å². The fourth-order valence-electron chi connectivity index (χ4n) is 2.33. The van der Waals surface area contributed by atoms with Crippen molar-refractivity contribution in [2.24, 2.45) is 5.92 Å². The van der Waals surface area contributed by atoms with Gasteiger partial charge in [-0.05, 0) is 40.0 Å². The van der Waals surface area contributed by atoms with Crippen LogP contribution in [0.4, 0.5) is 0 Å². The summed E-state index contributed by atoms with van der Waals surface area (Å²) in [7, 11) is 0. The lowest BCUT2D eigenvalue weighted by molar-refractivity contribution is -0.160. The van der Waals surface area contributed by atoms with E-state index in [0.717, 1.165) is 25.8 Å². The van der Waals surface area contributed by atoms with Crippen molar-refractivity contribution < 1.29 is 9.53 Å². The molecule has 2 rings (SSSR count). The highest BCUT2D eigenvalue weighted by Gasteiger charge is 2.46. The molecular formula is C11H20N2O2. The second kappa shape index (κ2) is 3.46. The van der Waals surface area contributed by atoms with Gasteiger partial charge in [0, 0.05) is 12.1 Å². The Bertz CT molecular complexity index is 266. The highest BCUT2D eigenvalue weighted by molar-refractivity contribution is 5.73. The van der Waals surface area contributed by atoms with Crippen LogP contribution in [0.1, 0.15) is 40.0 Å². The van der Waals surface area contributed by atoms with E-state index in [1.54, 1.807) is 0 Å². The molecule has 2 aliphatic rings. The average molecular weight is 212 g/mol. The maximum atomic E-state index is 11.8. The number of hydrazine groups is 1. The van der Waals surface area contributed by atoms with Gasteiger partial charge in [-0.15, -0.1) is 0 Å². The topological polar surface area (TPSA) is 50.4 Å². The van der Waals surface area contributed by atoms with E-state index in [1.807, 2.05) is 20.8 Å². The Balaban J connectivity index is 1.88. The Labute approximate surface area is 90.7 Å². The minimum absolute atomic E-state index is 0.0342. The molecule has 2 fully saturated rings. The monoisotopic (exact) mass is 212 g/mol. The first-order valence-electron chi connectivity index (χ1n) is 5.63. The fraction of sp³-hybridized carbons (Fsp3) is 0.909. The summed E-state index contributed by atoms with van der Waals surface area (Å²) >= 11 is 0. The maximum absolute atomic E-state index is 11.8. The van der Waals surface area contributed by atoms with Crippen molar-refractivity contribution in [1.82, 2.24) is 10.9 Å². The average Bonchev–Trinajstić information content (AvgIpc) is 2.43. The Kier molecular flexibility index (Phi) is 2.51. The summed E-state index contributed by atoms with van der Waals surface area (Å²) in [6.07, 6.45) is 2.93. The SMILES string of the molecule is CC(C)(C)OC(=O)C1CCC2(CNN2)C1. The molecule has 0 aromatic carbocycles. The Morgan fingerprint density at radius 2 is 2.13 bits per heavy atom. The van der Waals surface area contributed by atoms with E-state index in [0.29, 0.717) is 0 Å². The molecular weight excluding hydrogens is 192 g/mol. The van der Waals surface area contributed by atoms with Gasteiger partial charge in [-0.3, -0.25) is 15.6 Å². The van der Waals surface area contributed by atoms with Crippen molar-refractivity contribution in [3.05, 3.63) is 0 Å². The molecule has 1 aliphatic heterocycles. The molecule has 0 bridgehead atoms. The van der Waals surface area contributed by atoms with Gasteiger partial charge in [0.2, 0.25) is 0 Å². The summed E-state index contributed by atoms with van der Waals surface area (Å²) in [6.45, 7) is 6.72. The fourth-order valence-corrected chi connectivity index (χ4v) is 2.33. The lowest BCUT2D eigenvalue weighted by Gasteiger charge is -2.40. The van der Waals surface area contributed by atoms with Crippen molar-refractivity contribution in [3.63, 3.8) is 0 Å². The second-order valence-corrected chi connectivity index (χ2v) is 5.73. The molecule has 0 aromatic rings. The summed E-state index contributed by atoms with van der Waals surface area (Å²) in [5.74, 6) is 0.0481. The van der Waals surface area contributed by atoms with Crippen LogP contribution in [0.3, 0.4) is 0 Å². The van der Waals surface area contributed by atoms with Crippen molar-refractivity contribution >= 4 is 5.97 Å². The van der Waals surface area contributed by atoms with E-state index in [9.17, 15) is 4.79 Å². The van der Waals surface area contributed by atoms with Crippen LogP contribution in [0, 0.1) is 5.92 Å². The van der Waals surface area contributed by atoms with Gasteiger partial charge in [0.15, 0.2) is 0 Å². The van der Waals surface area contributed by atoms with Crippen molar-refractivity contribution in [2.45, 2.75) is 51.2 Å². The number of hydrogen-bond acceptors (Lipinski definition) is 4. The van der Waals surface area contributed by atoms with Gasteiger partial charge in [0.05, 0.1) is 5.92 Å². The molecule has 0 radical (unpaired) electrons. The molecule has 86 valence electrons. The van der Waals surface area contributed by atoms with Crippen LogP contribution >= 0.6 is 0 Å². The molecule has 1 saturated heterocycles. The van der Waals surface area contributed by atoms with Gasteiger partial charge < -0.3 is 4.74 Å². The highest BCUT2D eigenvalue weighted by atomic mass is 16.6. The van der Waals surface area contributed by atoms with Gasteiger partial charge in [-0.2, -0.15) is 0 Å². The molecule has 4 nitrogen and oxygen atoms in total. The van der Waals surface area contributed by atoms with E-state index in [-0.39, 0.29) is 23.0 Å². The van der Waals surface area contributed by atoms with Gasteiger partial charge in [-0.1, -0.05) is 0 Å². The summed E-state index contributed by atoms with van der Waals surface area (Å²) in [5, 5.41) is 0. The molecule has 2 N–H and O–H groups in total. The van der Waals surface area contributed by atoms with Crippen LogP contribution in [0.15, 0.2) is 0 Å². The van der Waals surface area contributed by atoms with Gasteiger partial charge in [0.25, 0.3) is 0 Å². The largest absolute Gasteiger partial charge is 0.460 e. The predicted molar refractivity (Wildman–Crippen MR) is 57.1 cm³/mol. The molecule has 1 heterocycles. The van der Waals surface area contributed by atoms with E-state index < -0.39 is 0 Å². The van der Waals surface area contributed by atoms with Crippen LogP contribution in [0.2, 0.25) is 0 Å². The summed E-state index contributed by atoms with van der Waals surface area (Å²) in [6, 6.07) is 0. The highest BCUT2D eigenvalue weighted by Crippen LogP contribution is 2.37. The van der Waals surface area contributed by atoms with Crippen LogP contribution in [-0.2, 0) is 9.53 Å². The molecule has 0 amide bonds. The minimum atomic E-state index is -0.363. The molecule has 1 saturated carbocycles. The molecule has 2 unspecified atom stereocenters. The molecule has 1 spiro atoms. The standard InChI is InChI=1S/C11H20N2O2/c1-10(2,3)15-9(14)8-4-5-11(6-8)7-12-13-11/h8,12-13H,4-7H2,1-3H3. The summed E-state index contributed by atoms with van der Waals surface area (Å²) < 4.78 is 5.40. The third kappa shape index (κ3) is 2.32. The second-order valence-electron chi connectivity index (χ2n) is 5.73. The summed E-state index contributed by atoms with van der Waals surface area (Å²) in [4.78, 5) is 11.8. The zero-order valence-electron chi connectivity index (χ0n) is 9.72. The first-order chi connectivity index (χ1) is 6.90. The third-order valence-electron chi connectivity index (χ3n) is 3.13. The number of carbonyl (C=O) groups is 1. The van der Waals surface area contributed by atoms with E-state index in [4.69, 9.17) is 4.74 Å². The number of rotatable bonds is 1. The maximum Gasteiger partial charge on any atom is 0.309 e. The number of carbonyl (C=O) groups excluding carboxylic acids is 1. The number of hydrogen-bond donors (Lipinski definition) is 2. The zero-order valence-corrected chi connectivity index (χ0v) is 9.72. The molecule has 4 heteroatoms. The Morgan fingerprint density at radius 1 is 1.47 bits per heavy atom. The number of esters is 1. The van der Waals surface area contributed by atoms with Gasteiger partial charge in [0.1, 0.15) is 5.60 Å². The lowest BCUT2D eigenvalue weighted by Crippen LogP contribution is -2.68. The van der Waals surface area contributed by atoms with Gasteiger partial charge in [-0.25, -0.2) is 0 Å². The molecule has 0 aromatic heterocycles. The van der Waals surface area contributed by atoms with E-state index >= 15 is 0 Å². The van der Waals surface area contributed by atoms with Gasteiger partial charge >= 0.3 is 5.97 Å². The van der Waals surface area contributed by atoms with Crippen LogP contribution in [-0.4, -0.2) is 23.7 Å². The van der Waals surface area contributed by atoms with Crippen LogP contribution in [0.25, 0.3) is 0 Å². The number of nitrogens with one attached hydrogen (secondary N) is 2. The van der Waals surface area contributed by atoms with Crippen molar-refractivity contribution in [3.8, 4) is 0 Å². The van der Waals surface area contributed by atoms with Crippen molar-refractivity contribution in [2.75, 3.05) is 6.54 Å². The predicted octanol–water partition coefficient (Wildman–Crippen LogP) is 0.975. The molecule has 15 heavy (non-hydrogen) atoms. The Morgan fingerprint density at radius 3 is 2.53 bits per heavy atom. The first kappa shape index (κ1) is 10.9. The third-order valence-corrected chi connectivity index (χ3v) is 3.13. The van der Waals surface area contributed by atoms with Crippen LogP contribution in [0.5, 0.6) is 0 Å². The summed E-state index contributed by atoms with van der Waals surface area (Å²) in [5.41, 5.74) is 6.08. The van der Waals surface area contributed by atoms with E-state index in [1.165, 1.54) is 0 Å². The normalized spacial score (nSPS) is 35.3.